The molecule has 7 heteroatoms. The normalized spacial score (nSPS) is 11.9. The summed E-state index contributed by atoms with van der Waals surface area (Å²) in [5.74, 6) is 1.77. The maximum atomic E-state index is 5.31. The fourth-order valence-electron chi connectivity index (χ4n) is 7.64. The first kappa shape index (κ1) is 28.2. The van der Waals surface area contributed by atoms with Gasteiger partial charge in [0, 0.05) is 54.3 Å². The van der Waals surface area contributed by atoms with Crippen LogP contribution in [-0.4, -0.2) is 29.1 Å². The van der Waals surface area contributed by atoms with Crippen LogP contribution in [0, 0.1) is 0 Å². The van der Waals surface area contributed by atoms with E-state index in [4.69, 9.17) is 19.9 Å². The van der Waals surface area contributed by atoms with Gasteiger partial charge >= 0.3 is 0 Å². The summed E-state index contributed by atoms with van der Waals surface area (Å²) in [7, 11) is 0. The van der Waals surface area contributed by atoms with Gasteiger partial charge in [0.1, 0.15) is 5.65 Å². The molecule has 11 rings (SSSR count). The molecule has 0 atom stereocenters. The standard InChI is InChI=1S/C44H26N6S/c1-2-13-27(14-3-1)41-46-42(48-44(47-41)49-35-20-8-4-15-28(35)29-16-5-9-21-36(29)49)34-18-6-10-22-37(34)50-39-31(33-19-12-26-45-43(33)50)24-25-32-30-17-7-11-23-38(30)51-40(32)39/h1-26H. The van der Waals surface area contributed by atoms with Gasteiger partial charge in [-0.2, -0.15) is 9.97 Å². The van der Waals surface area contributed by atoms with Crippen LogP contribution in [0.1, 0.15) is 0 Å². The second-order valence-corrected chi connectivity index (χ2v) is 13.7. The molecule has 0 bridgehead atoms. The largest absolute Gasteiger partial charge is 0.292 e. The maximum absolute atomic E-state index is 5.31. The van der Waals surface area contributed by atoms with Crippen molar-refractivity contribution in [1.29, 1.82) is 0 Å². The number of benzene rings is 6. The third-order valence-corrected chi connectivity index (χ3v) is 11.0. The second-order valence-electron chi connectivity index (χ2n) is 12.7. The lowest BCUT2D eigenvalue weighted by Gasteiger charge is -2.15. The highest BCUT2D eigenvalue weighted by Crippen LogP contribution is 2.43. The molecule has 0 radical (unpaired) electrons. The Morgan fingerprint density at radius 2 is 1.10 bits per heavy atom. The molecule has 0 saturated heterocycles. The quantitative estimate of drug-likeness (QED) is 0.187. The predicted molar refractivity (Wildman–Crippen MR) is 210 cm³/mol. The SMILES string of the molecule is c1ccc(-c2nc(-c3ccccc3-n3c4ncccc4c4ccc5c6ccccc6sc5c43)nc(-n3c4ccccc4c4ccccc43)n2)cc1. The first-order valence-electron chi connectivity index (χ1n) is 16.9. The predicted octanol–water partition coefficient (Wildman–Crippen LogP) is 11.2. The Morgan fingerprint density at radius 3 is 1.92 bits per heavy atom. The van der Waals surface area contributed by atoms with Gasteiger partial charge in [0.15, 0.2) is 11.6 Å². The molecule has 0 unspecified atom stereocenters. The summed E-state index contributed by atoms with van der Waals surface area (Å²) in [6.07, 6.45) is 1.87. The first-order valence-corrected chi connectivity index (χ1v) is 17.7. The minimum absolute atomic E-state index is 0.568. The molecule has 0 aliphatic heterocycles. The van der Waals surface area contributed by atoms with Crippen molar-refractivity contribution in [3.8, 4) is 34.4 Å². The molecule has 0 amide bonds. The van der Waals surface area contributed by atoms with E-state index < -0.39 is 0 Å². The third kappa shape index (κ3) is 4.16. The van der Waals surface area contributed by atoms with Crippen molar-refractivity contribution in [3.05, 3.63) is 158 Å². The van der Waals surface area contributed by atoms with Gasteiger partial charge in [0.25, 0.3) is 0 Å². The molecule has 5 heterocycles. The fraction of sp³-hybridized carbons (Fsp3) is 0. The highest BCUT2D eigenvalue weighted by Gasteiger charge is 2.23. The number of nitrogens with zero attached hydrogens (tertiary/aromatic N) is 6. The molecular formula is C44H26N6S. The van der Waals surface area contributed by atoms with Gasteiger partial charge in [-0.05, 0) is 42.5 Å². The molecule has 0 fully saturated rings. The van der Waals surface area contributed by atoms with Crippen molar-refractivity contribution in [1.82, 2.24) is 29.1 Å². The maximum Gasteiger partial charge on any atom is 0.238 e. The van der Waals surface area contributed by atoms with Crippen LogP contribution in [0.3, 0.4) is 0 Å². The summed E-state index contributed by atoms with van der Waals surface area (Å²) in [6, 6.07) is 52.8. The van der Waals surface area contributed by atoms with Crippen molar-refractivity contribution >= 4 is 75.3 Å². The van der Waals surface area contributed by atoms with Crippen molar-refractivity contribution in [3.63, 3.8) is 0 Å². The molecule has 6 aromatic carbocycles. The number of fused-ring (bicyclic) bond motifs is 10. The summed E-state index contributed by atoms with van der Waals surface area (Å²) >= 11 is 1.83. The van der Waals surface area contributed by atoms with E-state index >= 15 is 0 Å². The fourth-order valence-corrected chi connectivity index (χ4v) is 8.88. The summed E-state index contributed by atoms with van der Waals surface area (Å²) in [5, 5.41) is 7.08. The van der Waals surface area contributed by atoms with E-state index in [0.29, 0.717) is 17.6 Å². The molecular weight excluding hydrogens is 645 g/mol. The molecule has 51 heavy (non-hydrogen) atoms. The van der Waals surface area contributed by atoms with Crippen molar-refractivity contribution in [2.24, 2.45) is 0 Å². The Balaban J connectivity index is 1.24. The Morgan fingerprint density at radius 1 is 0.451 bits per heavy atom. The Kier molecular flexibility index (Phi) is 6.02. The zero-order chi connectivity index (χ0) is 33.5. The Bertz CT molecular complexity index is 3100. The number of hydrogen-bond acceptors (Lipinski definition) is 5. The zero-order valence-electron chi connectivity index (χ0n) is 27.1. The molecule has 0 aliphatic carbocycles. The second kappa shape index (κ2) is 10.9. The van der Waals surface area contributed by atoms with Crippen molar-refractivity contribution in [2.75, 3.05) is 0 Å². The average molecular weight is 671 g/mol. The van der Waals surface area contributed by atoms with Gasteiger partial charge in [-0.1, -0.05) is 109 Å². The van der Waals surface area contributed by atoms with Crippen LogP contribution in [0.2, 0.25) is 0 Å². The van der Waals surface area contributed by atoms with Crippen LogP contribution >= 0.6 is 11.3 Å². The van der Waals surface area contributed by atoms with Gasteiger partial charge in [-0.15, -0.1) is 11.3 Å². The molecule has 0 saturated carbocycles. The monoisotopic (exact) mass is 670 g/mol. The van der Waals surface area contributed by atoms with E-state index in [2.05, 4.69) is 137 Å². The Labute approximate surface area is 295 Å². The van der Waals surface area contributed by atoms with Crippen LogP contribution in [-0.2, 0) is 0 Å². The van der Waals surface area contributed by atoms with Gasteiger partial charge in [-0.3, -0.25) is 9.13 Å². The minimum atomic E-state index is 0.568. The highest BCUT2D eigenvalue weighted by atomic mass is 32.1. The van der Waals surface area contributed by atoms with E-state index in [-0.39, 0.29) is 0 Å². The smallest absolute Gasteiger partial charge is 0.238 e. The molecule has 0 spiro atoms. The third-order valence-electron chi connectivity index (χ3n) is 9.85. The summed E-state index contributed by atoms with van der Waals surface area (Å²) < 4.78 is 6.96. The van der Waals surface area contributed by atoms with Crippen LogP contribution in [0.15, 0.2) is 158 Å². The number of rotatable bonds is 4. The molecule has 0 N–H and O–H groups in total. The average Bonchev–Trinajstić information content (AvgIpc) is 3.86. The molecule has 11 aromatic rings. The topological polar surface area (TPSA) is 61.4 Å². The number of aromatic nitrogens is 6. The first-order chi connectivity index (χ1) is 25.3. The van der Waals surface area contributed by atoms with Gasteiger partial charge in [0.2, 0.25) is 5.95 Å². The number of pyridine rings is 1. The van der Waals surface area contributed by atoms with Crippen LogP contribution < -0.4 is 0 Å². The van der Waals surface area contributed by atoms with Crippen molar-refractivity contribution in [2.45, 2.75) is 0 Å². The van der Waals surface area contributed by atoms with E-state index in [1.165, 1.54) is 25.6 Å². The lowest BCUT2D eigenvalue weighted by atomic mass is 10.1. The van der Waals surface area contributed by atoms with E-state index in [1.807, 2.05) is 41.8 Å². The van der Waals surface area contributed by atoms with Crippen LogP contribution in [0.25, 0.3) is 98.3 Å². The molecule has 238 valence electrons. The summed E-state index contributed by atoms with van der Waals surface area (Å²) in [4.78, 5) is 20.7. The van der Waals surface area contributed by atoms with Crippen molar-refractivity contribution < 1.29 is 0 Å². The van der Waals surface area contributed by atoms with E-state index in [1.54, 1.807) is 0 Å². The summed E-state index contributed by atoms with van der Waals surface area (Å²) in [6.45, 7) is 0. The van der Waals surface area contributed by atoms with Crippen LogP contribution in [0.5, 0.6) is 0 Å². The summed E-state index contributed by atoms with van der Waals surface area (Å²) in [5.41, 5.74) is 6.89. The van der Waals surface area contributed by atoms with Gasteiger partial charge in [-0.25, -0.2) is 9.97 Å². The zero-order valence-corrected chi connectivity index (χ0v) is 27.9. The number of thiophene rings is 1. The van der Waals surface area contributed by atoms with E-state index in [9.17, 15) is 0 Å². The highest BCUT2D eigenvalue weighted by molar-refractivity contribution is 7.26. The lowest BCUT2D eigenvalue weighted by Crippen LogP contribution is -2.08. The van der Waals surface area contributed by atoms with Crippen LogP contribution in [0.4, 0.5) is 0 Å². The van der Waals surface area contributed by atoms with Gasteiger partial charge < -0.3 is 0 Å². The minimum Gasteiger partial charge on any atom is -0.292 e. The number of hydrogen-bond donors (Lipinski definition) is 0. The molecule has 5 aromatic heterocycles. The Hall–Kier alpha value is -6.70. The van der Waals surface area contributed by atoms with E-state index in [0.717, 1.165) is 55.2 Å². The number of para-hydroxylation sites is 3. The molecule has 6 nitrogen and oxygen atoms in total. The lowest BCUT2D eigenvalue weighted by molar-refractivity contribution is 0.951. The molecule has 0 aliphatic rings. The van der Waals surface area contributed by atoms with Gasteiger partial charge in [0.05, 0.1) is 26.9 Å².